The van der Waals surface area contributed by atoms with Crippen LogP contribution in [0.1, 0.15) is 10.4 Å². The van der Waals surface area contributed by atoms with E-state index in [4.69, 9.17) is 5.11 Å². The second-order valence-electron chi connectivity index (χ2n) is 2.11. The molecule has 0 amide bonds. The maximum Gasteiger partial charge on any atom is 0.321 e. The maximum absolute atomic E-state index is 10.5. The number of rotatable bonds is 2. The first-order valence-corrected chi connectivity index (χ1v) is 4.05. The molecule has 0 saturated carbocycles. The van der Waals surface area contributed by atoms with Gasteiger partial charge >= 0.3 is 5.97 Å². The Kier molecular flexibility index (Phi) is 4.93. The van der Waals surface area contributed by atoms with Gasteiger partial charge in [0.2, 0.25) is 0 Å². The van der Waals surface area contributed by atoms with Crippen molar-refractivity contribution in [3.05, 3.63) is 35.9 Å². The highest BCUT2D eigenvalue weighted by molar-refractivity contribution is 9.09. The van der Waals surface area contributed by atoms with Crippen LogP contribution in [0.2, 0.25) is 0 Å². The lowest BCUT2D eigenvalue weighted by Crippen LogP contribution is -2.03. The van der Waals surface area contributed by atoms with Crippen LogP contribution in [0.5, 0.6) is 0 Å². The van der Waals surface area contributed by atoms with Crippen LogP contribution >= 0.6 is 28.3 Å². The van der Waals surface area contributed by atoms with Gasteiger partial charge in [0.15, 0.2) is 0 Å². The fourth-order valence-electron chi connectivity index (χ4n) is 0.765. The minimum Gasteiger partial charge on any atom is -0.480 e. The number of halogens is 2. The number of benzene rings is 1. The molecule has 0 aliphatic heterocycles. The van der Waals surface area contributed by atoms with Crippen LogP contribution in [0.4, 0.5) is 0 Å². The van der Waals surface area contributed by atoms with E-state index in [1.807, 2.05) is 18.2 Å². The third-order valence-corrected chi connectivity index (χ3v) is 2.23. The van der Waals surface area contributed by atoms with Gasteiger partial charge in [-0.15, -0.1) is 12.4 Å². The quantitative estimate of drug-likeness (QED) is 0.821. The SMILES string of the molecule is Cl.O=C(O)C(Br)c1ccccc1. The van der Waals surface area contributed by atoms with Crippen molar-refractivity contribution in [1.82, 2.24) is 0 Å². The average Bonchev–Trinajstić information content (AvgIpc) is 2.05. The minimum atomic E-state index is -0.865. The average molecular weight is 252 g/mol. The molecule has 0 heterocycles. The van der Waals surface area contributed by atoms with Gasteiger partial charge in [0.1, 0.15) is 4.83 Å². The number of carboxylic acids is 1. The van der Waals surface area contributed by atoms with Crippen molar-refractivity contribution in [2.24, 2.45) is 0 Å². The van der Waals surface area contributed by atoms with Gasteiger partial charge in [-0.3, -0.25) is 4.79 Å². The Labute approximate surface area is 85.1 Å². The van der Waals surface area contributed by atoms with Crippen molar-refractivity contribution in [3.63, 3.8) is 0 Å². The van der Waals surface area contributed by atoms with E-state index >= 15 is 0 Å². The van der Waals surface area contributed by atoms with Crippen molar-refractivity contribution in [3.8, 4) is 0 Å². The number of carbonyl (C=O) groups is 1. The summed E-state index contributed by atoms with van der Waals surface area (Å²) in [7, 11) is 0. The van der Waals surface area contributed by atoms with Crippen molar-refractivity contribution in [1.29, 1.82) is 0 Å². The third kappa shape index (κ3) is 2.83. The molecule has 0 aliphatic rings. The first kappa shape index (κ1) is 11.5. The molecular weight excluding hydrogens is 243 g/mol. The Balaban J connectivity index is 0.00000121. The Morgan fingerprint density at radius 2 is 1.83 bits per heavy atom. The lowest BCUT2D eigenvalue weighted by Gasteiger charge is -2.02. The molecule has 1 aromatic rings. The van der Waals surface area contributed by atoms with Crippen molar-refractivity contribution >= 4 is 34.3 Å². The van der Waals surface area contributed by atoms with Gasteiger partial charge in [0.05, 0.1) is 0 Å². The summed E-state index contributed by atoms with van der Waals surface area (Å²) < 4.78 is 0. The summed E-state index contributed by atoms with van der Waals surface area (Å²) in [6, 6.07) is 9.02. The lowest BCUT2D eigenvalue weighted by molar-refractivity contribution is -0.136. The summed E-state index contributed by atoms with van der Waals surface area (Å²) in [5.74, 6) is -0.865. The molecular formula is C8H8BrClO2. The lowest BCUT2D eigenvalue weighted by atomic mass is 10.2. The van der Waals surface area contributed by atoms with Crippen LogP contribution in [0.3, 0.4) is 0 Å². The third-order valence-electron chi connectivity index (χ3n) is 1.31. The van der Waals surface area contributed by atoms with E-state index in [-0.39, 0.29) is 12.4 Å². The van der Waals surface area contributed by atoms with E-state index in [2.05, 4.69) is 15.9 Å². The largest absolute Gasteiger partial charge is 0.480 e. The molecule has 0 bridgehead atoms. The second-order valence-corrected chi connectivity index (χ2v) is 3.03. The molecule has 0 radical (unpaired) electrons. The van der Waals surface area contributed by atoms with Crippen LogP contribution < -0.4 is 0 Å². The van der Waals surface area contributed by atoms with E-state index in [1.165, 1.54) is 0 Å². The second kappa shape index (κ2) is 5.17. The highest BCUT2D eigenvalue weighted by Crippen LogP contribution is 2.21. The monoisotopic (exact) mass is 250 g/mol. The Bertz CT molecular complexity index is 250. The zero-order valence-electron chi connectivity index (χ0n) is 6.11. The molecule has 1 aromatic carbocycles. The van der Waals surface area contributed by atoms with Gasteiger partial charge in [-0.25, -0.2) is 0 Å². The van der Waals surface area contributed by atoms with Gasteiger partial charge in [0.25, 0.3) is 0 Å². The summed E-state index contributed by atoms with van der Waals surface area (Å²) in [6.45, 7) is 0. The normalized spacial score (nSPS) is 11.4. The van der Waals surface area contributed by atoms with Crippen molar-refractivity contribution < 1.29 is 9.90 Å². The van der Waals surface area contributed by atoms with E-state index in [1.54, 1.807) is 12.1 Å². The molecule has 66 valence electrons. The van der Waals surface area contributed by atoms with Gasteiger partial charge in [-0.05, 0) is 5.56 Å². The topological polar surface area (TPSA) is 37.3 Å². The zero-order chi connectivity index (χ0) is 8.27. The van der Waals surface area contributed by atoms with Crippen LogP contribution in [0, 0.1) is 0 Å². The first-order chi connectivity index (χ1) is 5.22. The Hall–Kier alpha value is -0.540. The first-order valence-electron chi connectivity index (χ1n) is 3.13. The molecule has 0 fully saturated rings. The van der Waals surface area contributed by atoms with Gasteiger partial charge in [0, 0.05) is 0 Å². The molecule has 0 spiro atoms. The molecule has 0 aliphatic carbocycles. The molecule has 0 saturated heterocycles. The molecule has 1 atom stereocenters. The standard InChI is InChI=1S/C8H7BrO2.ClH/c9-7(8(10)11)6-4-2-1-3-5-6;/h1-5,7H,(H,10,11);1H. The molecule has 12 heavy (non-hydrogen) atoms. The van der Waals surface area contributed by atoms with Gasteiger partial charge in [-0.1, -0.05) is 46.3 Å². The molecule has 1 unspecified atom stereocenters. The predicted octanol–water partition coefficient (Wildman–Crippen LogP) is 2.63. The maximum atomic E-state index is 10.5. The fourth-order valence-corrected chi connectivity index (χ4v) is 1.07. The van der Waals surface area contributed by atoms with E-state index in [9.17, 15) is 4.79 Å². The highest BCUT2D eigenvalue weighted by Gasteiger charge is 2.13. The highest BCUT2D eigenvalue weighted by atomic mass is 79.9. The van der Waals surface area contributed by atoms with E-state index in [0.717, 1.165) is 5.56 Å². The summed E-state index contributed by atoms with van der Waals surface area (Å²) in [5.41, 5.74) is 0.764. The van der Waals surface area contributed by atoms with Crippen LogP contribution in [-0.2, 0) is 4.79 Å². The van der Waals surface area contributed by atoms with Crippen molar-refractivity contribution in [2.45, 2.75) is 4.83 Å². The van der Waals surface area contributed by atoms with Gasteiger partial charge in [-0.2, -0.15) is 0 Å². The van der Waals surface area contributed by atoms with Crippen LogP contribution in [0.25, 0.3) is 0 Å². The van der Waals surface area contributed by atoms with E-state index in [0.29, 0.717) is 0 Å². The summed E-state index contributed by atoms with van der Waals surface area (Å²) in [6.07, 6.45) is 0. The van der Waals surface area contributed by atoms with E-state index < -0.39 is 10.8 Å². The van der Waals surface area contributed by atoms with Crippen LogP contribution in [0.15, 0.2) is 30.3 Å². The van der Waals surface area contributed by atoms with Crippen LogP contribution in [-0.4, -0.2) is 11.1 Å². The fraction of sp³-hybridized carbons (Fsp3) is 0.125. The number of hydrogen-bond acceptors (Lipinski definition) is 1. The molecule has 1 rings (SSSR count). The van der Waals surface area contributed by atoms with Crippen molar-refractivity contribution in [2.75, 3.05) is 0 Å². The molecule has 0 aromatic heterocycles. The Morgan fingerprint density at radius 3 is 2.25 bits per heavy atom. The molecule has 1 N–H and O–H groups in total. The summed E-state index contributed by atoms with van der Waals surface area (Å²) in [5, 5.41) is 8.59. The summed E-state index contributed by atoms with van der Waals surface area (Å²) in [4.78, 5) is 9.86. The number of carboxylic acid groups (broad SMARTS) is 1. The van der Waals surface area contributed by atoms with Gasteiger partial charge < -0.3 is 5.11 Å². The minimum absolute atomic E-state index is 0. The number of aliphatic carboxylic acids is 1. The number of alkyl halides is 1. The smallest absolute Gasteiger partial charge is 0.321 e. The zero-order valence-corrected chi connectivity index (χ0v) is 8.51. The Morgan fingerprint density at radius 1 is 1.33 bits per heavy atom. The molecule has 2 nitrogen and oxygen atoms in total. The predicted molar refractivity (Wildman–Crippen MR) is 53.0 cm³/mol. The molecule has 4 heteroatoms. The summed E-state index contributed by atoms with van der Waals surface area (Å²) >= 11 is 3.05. The number of hydrogen-bond donors (Lipinski definition) is 1.